The lowest BCUT2D eigenvalue weighted by molar-refractivity contribution is 0.197. The second kappa shape index (κ2) is 8.26. The zero-order valence-electron chi connectivity index (χ0n) is 16.1. The number of rotatable bonds is 5. The SMILES string of the molecule is Cc1nc(C2CCCN(Cc3ccc(OC4CCCC4)cc3)C2)cc(=O)[nH]1. The Bertz CT molecular complexity index is 809. The van der Waals surface area contributed by atoms with Gasteiger partial charge in [0, 0.05) is 25.1 Å². The summed E-state index contributed by atoms with van der Waals surface area (Å²) in [5.74, 6) is 2.03. The molecule has 1 aliphatic heterocycles. The minimum Gasteiger partial charge on any atom is -0.490 e. The Morgan fingerprint density at radius 3 is 2.67 bits per heavy atom. The summed E-state index contributed by atoms with van der Waals surface area (Å²) in [6.07, 6.45) is 7.60. The van der Waals surface area contributed by atoms with Gasteiger partial charge in [0.2, 0.25) is 0 Å². The summed E-state index contributed by atoms with van der Waals surface area (Å²) in [5, 5.41) is 0. The van der Waals surface area contributed by atoms with Crippen LogP contribution in [0.4, 0.5) is 0 Å². The Kier molecular flexibility index (Phi) is 5.58. The van der Waals surface area contributed by atoms with Crippen molar-refractivity contribution in [1.29, 1.82) is 0 Å². The summed E-state index contributed by atoms with van der Waals surface area (Å²) in [5.41, 5.74) is 2.19. The summed E-state index contributed by atoms with van der Waals surface area (Å²) in [6.45, 7) is 4.83. The van der Waals surface area contributed by atoms with E-state index in [9.17, 15) is 4.79 Å². The molecule has 0 bridgehead atoms. The van der Waals surface area contributed by atoms with E-state index in [0.29, 0.717) is 17.8 Å². The standard InChI is InChI=1S/C22H29N3O2/c1-16-23-21(13-22(26)24-16)18-5-4-12-25(15-18)14-17-8-10-20(11-9-17)27-19-6-2-3-7-19/h8-11,13,18-19H,2-7,12,14-15H2,1H3,(H,23,24,26). The number of H-pyrrole nitrogens is 1. The molecule has 1 atom stereocenters. The minimum atomic E-state index is -0.0486. The fraction of sp³-hybridized carbons (Fsp3) is 0.545. The summed E-state index contributed by atoms with van der Waals surface area (Å²) in [7, 11) is 0. The molecule has 1 saturated carbocycles. The second-order valence-electron chi connectivity index (χ2n) is 8.00. The number of ether oxygens (including phenoxy) is 1. The van der Waals surface area contributed by atoms with Crippen LogP contribution in [-0.4, -0.2) is 34.1 Å². The fourth-order valence-electron chi connectivity index (χ4n) is 4.38. The Morgan fingerprint density at radius 2 is 1.93 bits per heavy atom. The molecule has 27 heavy (non-hydrogen) atoms. The average Bonchev–Trinajstić information content (AvgIpc) is 3.16. The van der Waals surface area contributed by atoms with Crippen molar-refractivity contribution in [1.82, 2.24) is 14.9 Å². The van der Waals surface area contributed by atoms with Gasteiger partial charge in [0.25, 0.3) is 5.56 Å². The van der Waals surface area contributed by atoms with E-state index in [0.717, 1.165) is 43.9 Å². The molecule has 1 N–H and O–H groups in total. The Morgan fingerprint density at radius 1 is 1.15 bits per heavy atom. The smallest absolute Gasteiger partial charge is 0.251 e. The van der Waals surface area contributed by atoms with Crippen molar-refractivity contribution >= 4 is 0 Å². The highest BCUT2D eigenvalue weighted by Gasteiger charge is 2.23. The third-order valence-corrected chi connectivity index (χ3v) is 5.74. The first-order valence-electron chi connectivity index (χ1n) is 10.2. The van der Waals surface area contributed by atoms with Gasteiger partial charge < -0.3 is 9.72 Å². The van der Waals surface area contributed by atoms with Gasteiger partial charge in [-0.2, -0.15) is 0 Å². The van der Waals surface area contributed by atoms with Gasteiger partial charge in [-0.05, 0) is 69.7 Å². The molecule has 2 aliphatic rings. The molecule has 2 aromatic rings. The predicted octanol–water partition coefficient (Wildman–Crippen LogP) is 3.78. The monoisotopic (exact) mass is 367 g/mol. The average molecular weight is 367 g/mol. The van der Waals surface area contributed by atoms with E-state index in [1.165, 1.54) is 31.2 Å². The number of nitrogens with one attached hydrogen (secondary N) is 1. The van der Waals surface area contributed by atoms with Crippen LogP contribution >= 0.6 is 0 Å². The number of hydrogen-bond donors (Lipinski definition) is 1. The van der Waals surface area contributed by atoms with Gasteiger partial charge in [0.05, 0.1) is 11.8 Å². The Labute approximate surface area is 160 Å². The number of aryl methyl sites for hydroxylation is 1. The lowest BCUT2D eigenvalue weighted by Gasteiger charge is -2.32. The Balaban J connectivity index is 1.36. The topological polar surface area (TPSA) is 58.2 Å². The van der Waals surface area contributed by atoms with Gasteiger partial charge >= 0.3 is 0 Å². The van der Waals surface area contributed by atoms with Crippen molar-refractivity contribution in [2.24, 2.45) is 0 Å². The van der Waals surface area contributed by atoms with E-state index < -0.39 is 0 Å². The molecule has 4 rings (SSSR count). The van der Waals surface area contributed by atoms with Crippen molar-refractivity contribution in [3.63, 3.8) is 0 Å². The molecule has 5 nitrogen and oxygen atoms in total. The number of nitrogens with zero attached hydrogens (tertiary/aromatic N) is 2. The van der Waals surface area contributed by atoms with Crippen LogP contribution in [-0.2, 0) is 6.54 Å². The van der Waals surface area contributed by atoms with Crippen molar-refractivity contribution in [2.75, 3.05) is 13.1 Å². The van der Waals surface area contributed by atoms with Gasteiger partial charge in [-0.15, -0.1) is 0 Å². The first-order chi connectivity index (χ1) is 13.2. The number of aromatic amines is 1. The molecule has 0 radical (unpaired) electrons. The first-order valence-corrected chi connectivity index (χ1v) is 10.2. The lowest BCUT2D eigenvalue weighted by atomic mass is 9.94. The summed E-state index contributed by atoms with van der Waals surface area (Å²) in [6, 6.07) is 10.2. The van der Waals surface area contributed by atoms with E-state index in [1.54, 1.807) is 6.07 Å². The minimum absolute atomic E-state index is 0.0486. The van der Waals surface area contributed by atoms with Crippen molar-refractivity contribution in [3.8, 4) is 5.75 Å². The van der Waals surface area contributed by atoms with Crippen LogP contribution < -0.4 is 10.3 Å². The van der Waals surface area contributed by atoms with E-state index in [1.807, 2.05) is 6.92 Å². The fourth-order valence-corrected chi connectivity index (χ4v) is 4.38. The Hall–Kier alpha value is -2.14. The summed E-state index contributed by atoms with van der Waals surface area (Å²) in [4.78, 5) is 21.5. The van der Waals surface area contributed by atoms with E-state index in [4.69, 9.17) is 4.74 Å². The lowest BCUT2D eigenvalue weighted by Crippen LogP contribution is -2.34. The third-order valence-electron chi connectivity index (χ3n) is 5.74. The maximum Gasteiger partial charge on any atom is 0.251 e. The van der Waals surface area contributed by atoms with Gasteiger partial charge in [0.1, 0.15) is 11.6 Å². The number of benzene rings is 1. The van der Waals surface area contributed by atoms with E-state index in [2.05, 4.69) is 39.1 Å². The molecule has 2 heterocycles. The molecule has 2 fully saturated rings. The molecule has 0 amide bonds. The van der Waals surface area contributed by atoms with Crippen molar-refractivity contribution < 1.29 is 4.74 Å². The molecule has 1 aromatic carbocycles. The number of piperidine rings is 1. The first kappa shape index (κ1) is 18.2. The van der Waals surface area contributed by atoms with Crippen LogP contribution in [0, 0.1) is 6.92 Å². The van der Waals surface area contributed by atoms with Crippen LogP contribution in [0.1, 0.15) is 61.5 Å². The molecule has 5 heteroatoms. The van der Waals surface area contributed by atoms with Crippen molar-refractivity contribution in [3.05, 3.63) is 57.8 Å². The maximum atomic E-state index is 11.8. The molecule has 144 valence electrons. The molecule has 1 aromatic heterocycles. The van der Waals surface area contributed by atoms with Crippen LogP contribution in [0.2, 0.25) is 0 Å². The third kappa shape index (κ3) is 4.78. The quantitative estimate of drug-likeness (QED) is 0.874. The van der Waals surface area contributed by atoms with Crippen molar-refractivity contribution in [2.45, 2.75) is 64.0 Å². The number of hydrogen-bond acceptors (Lipinski definition) is 4. The predicted molar refractivity (Wildman–Crippen MR) is 106 cm³/mol. The highest BCUT2D eigenvalue weighted by atomic mass is 16.5. The van der Waals surface area contributed by atoms with Crippen LogP contribution in [0.3, 0.4) is 0 Å². The molecular formula is C22H29N3O2. The highest BCUT2D eigenvalue weighted by molar-refractivity contribution is 5.27. The zero-order valence-corrected chi connectivity index (χ0v) is 16.1. The summed E-state index contributed by atoms with van der Waals surface area (Å²) >= 11 is 0. The zero-order chi connectivity index (χ0) is 18.6. The molecule has 1 aliphatic carbocycles. The maximum absolute atomic E-state index is 11.8. The normalized spacial score (nSPS) is 21.4. The van der Waals surface area contributed by atoms with Crippen LogP contribution in [0.5, 0.6) is 5.75 Å². The van der Waals surface area contributed by atoms with Crippen LogP contribution in [0.15, 0.2) is 35.1 Å². The molecule has 1 saturated heterocycles. The van der Waals surface area contributed by atoms with Gasteiger partial charge in [-0.25, -0.2) is 4.98 Å². The highest BCUT2D eigenvalue weighted by Crippen LogP contribution is 2.27. The van der Waals surface area contributed by atoms with E-state index in [-0.39, 0.29) is 5.56 Å². The van der Waals surface area contributed by atoms with Gasteiger partial charge in [0.15, 0.2) is 0 Å². The molecule has 1 unspecified atom stereocenters. The second-order valence-corrected chi connectivity index (χ2v) is 8.00. The van der Waals surface area contributed by atoms with E-state index >= 15 is 0 Å². The molecule has 0 spiro atoms. The largest absolute Gasteiger partial charge is 0.490 e. The number of likely N-dealkylation sites (tertiary alicyclic amines) is 1. The van der Waals surface area contributed by atoms with Gasteiger partial charge in [-0.1, -0.05) is 12.1 Å². The van der Waals surface area contributed by atoms with Gasteiger partial charge in [-0.3, -0.25) is 9.69 Å². The van der Waals surface area contributed by atoms with Crippen LogP contribution in [0.25, 0.3) is 0 Å². The molecular weight excluding hydrogens is 338 g/mol. The summed E-state index contributed by atoms with van der Waals surface area (Å²) < 4.78 is 6.06. The number of aromatic nitrogens is 2.